The molecule has 9 nitrogen and oxygen atoms in total. The van der Waals surface area contributed by atoms with Crippen molar-refractivity contribution in [3.63, 3.8) is 0 Å². The van der Waals surface area contributed by atoms with Crippen LogP contribution in [-0.4, -0.2) is 63.0 Å². The molecule has 0 spiro atoms. The first-order valence-electron chi connectivity index (χ1n) is 12.3. The number of amides is 3. The molecular formula is C26H35N5O4. The largest absolute Gasteiger partial charge is 0.379 e. The number of aromatic nitrogens is 2. The smallest absolute Gasteiger partial charge is 0.276 e. The Morgan fingerprint density at radius 1 is 1.20 bits per heavy atom. The number of carbonyl (C=O) groups excluding carboxylic acids is 3. The van der Waals surface area contributed by atoms with E-state index in [0.717, 1.165) is 24.0 Å². The second-order valence-electron chi connectivity index (χ2n) is 10.1. The fourth-order valence-electron chi connectivity index (χ4n) is 4.74. The number of carbonyl (C=O) groups is 3. The average Bonchev–Trinajstić information content (AvgIpc) is 3.50. The van der Waals surface area contributed by atoms with Crippen LogP contribution in [0.1, 0.15) is 72.1 Å². The van der Waals surface area contributed by atoms with Gasteiger partial charge in [-0.3, -0.25) is 14.4 Å². The monoisotopic (exact) mass is 481 g/mol. The van der Waals surface area contributed by atoms with E-state index < -0.39 is 11.4 Å². The van der Waals surface area contributed by atoms with Crippen molar-refractivity contribution < 1.29 is 19.1 Å². The molecule has 0 bridgehead atoms. The van der Waals surface area contributed by atoms with Gasteiger partial charge in [-0.15, -0.1) is 0 Å². The van der Waals surface area contributed by atoms with Crippen LogP contribution in [0.25, 0.3) is 0 Å². The van der Waals surface area contributed by atoms with Crippen molar-refractivity contribution in [1.29, 1.82) is 0 Å². The van der Waals surface area contributed by atoms with Crippen LogP contribution in [0.5, 0.6) is 0 Å². The van der Waals surface area contributed by atoms with Crippen molar-refractivity contribution in [3.05, 3.63) is 47.0 Å². The molecule has 4 rings (SSSR count). The van der Waals surface area contributed by atoms with E-state index in [0.29, 0.717) is 25.3 Å². The van der Waals surface area contributed by atoms with E-state index in [1.165, 1.54) is 6.33 Å². The molecule has 1 aliphatic heterocycles. The Kier molecular flexibility index (Phi) is 6.98. The third-order valence-corrected chi connectivity index (χ3v) is 6.42. The quantitative estimate of drug-likeness (QED) is 0.536. The van der Waals surface area contributed by atoms with Crippen LogP contribution in [0.2, 0.25) is 0 Å². The lowest BCUT2D eigenvalue weighted by Crippen LogP contribution is -2.64. The number of hydrogen-bond donors (Lipinski definition) is 2. The molecule has 0 radical (unpaired) electrons. The van der Waals surface area contributed by atoms with E-state index in [1.54, 1.807) is 16.4 Å². The van der Waals surface area contributed by atoms with Gasteiger partial charge < -0.3 is 24.8 Å². The minimum atomic E-state index is -1.06. The number of imidazole rings is 1. The van der Waals surface area contributed by atoms with E-state index in [4.69, 9.17) is 4.74 Å². The molecule has 1 saturated carbocycles. The van der Waals surface area contributed by atoms with Crippen molar-refractivity contribution in [2.24, 2.45) is 0 Å². The molecule has 2 N–H and O–H groups in total. The number of benzene rings is 1. The van der Waals surface area contributed by atoms with Crippen molar-refractivity contribution >= 4 is 23.4 Å². The summed E-state index contributed by atoms with van der Waals surface area (Å²) in [6, 6.07) is 5.76. The number of aryl methyl sites for hydroxylation is 2. The summed E-state index contributed by atoms with van der Waals surface area (Å²) in [5, 5.41) is 5.85. The number of ether oxygens (including phenoxy) is 1. The molecule has 1 atom stereocenters. The lowest BCUT2D eigenvalue weighted by molar-refractivity contribution is -0.133. The number of rotatable bonds is 9. The Hall–Kier alpha value is -3.20. The van der Waals surface area contributed by atoms with Crippen molar-refractivity contribution in [1.82, 2.24) is 19.8 Å². The molecule has 1 unspecified atom stereocenters. The second kappa shape index (κ2) is 9.81. The van der Waals surface area contributed by atoms with E-state index in [-0.39, 0.29) is 41.9 Å². The first kappa shape index (κ1) is 24.9. The summed E-state index contributed by atoms with van der Waals surface area (Å²) in [6.45, 7) is 10.9. The number of hydrogen-bond acceptors (Lipinski definition) is 5. The second-order valence-corrected chi connectivity index (χ2v) is 10.1. The summed E-state index contributed by atoms with van der Waals surface area (Å²) in [4.78, 5) is 46.1. The Labute approximate surface area is 206 Å². The molecule has 0 saturated heterocycles. The lowest BCUT2D eigenvalue weighted by Gasteiger charge is -2.44. The zero-order chi connectivity index (χ0) is 25.3. The van der Waals surface area contributed by atoms with Gasteiger partial charge in [0.2, 0.25) is 5.91 Å². The Balaban J connectivity index is 1.53. The van der Waals surface area contributed by atoms with Crippen LogP contribution in [0.3, 0.4) is 0 Å². The van der Waals surface area contributed by atoms with E-state index in [9.17, 15) is 14.4 Å². The first-order valence-corrected chi connectivity index (χ1v) is 12.3. The van der Waals surface area contributed by atoms with Crippen molar-refractivity contribution in [2.45, 2.75) is 78.1 Å². The van der Waals surface area contributed by atoms with Gasteiger partial charge >= 0.3 is 0 Å². The predicted molar refractivity (Wildman–Crippen MR) is 132 cm³/mol. The number of anilines is 1. The highest BCUT2D eigenvalue weighted by Crippen LogP contribution is 2.39. The van der Waals surface area contributed by atoms with Gasteiger partial charge in [-0.05, 0) is 77.1 Å². The standard InChI is InChI=1S/C26H35N5O4/c1-16(2)35-10-6-9-27-25(34)26(5)14-30-15-28-21(22(30)24(33)31(26)20-7-8-20)23(32)29-19-12-17(3)11-18(4)13-19/h11-13,15-16,20H,6-10,14H2,1-5H3,(H,27,34)(H,29,32). The van der Waals surface area contributed by atoms with Gasteiger partial charge in [0.1, 0.15) is 11.2 Å². The fourth-order valence-corrected chi connectivity index (χ4v) is 4.74. The molecule has 3 amide bonds. The van der Waals surface area contributed by atoms with Crippen LogP contribution in [0, 0.1) is 13.8 Å². The third-order valence-electron chi connectivity index (χ3n) is 6.42. The molecule has 1 aromatic heterocycles. The Bertz CT molecular complexity index is 1120. The number of nitrogens with zero attached hydrogens (tertiary/aromatic N) is 3. The van der Waals surface area contributed by atoms with Gasteiger partial charge in [0.05, 0.1) is 19.0 Å². The maximum Gasteiger partial charge on any atom is 0.276 e. The fraction of sp³-hybridized carbons (Fsp3) is 0.538. The van der Waals surface area contributed by atoms with Gasteiger partial charge in [0.25, 0.3) is 11.8 Å². The SMILES string of the molecule is Cc1cc(C)cc(NC(=O)c2ncn3c2C(=O)N(C2CC2)C(C)(C(=O)NCCCOC(C)C)C3)c1. The Morgan fingerprint density at radius 2 is 1.89 bits per heavy atom. The number of fused-ring (bicyclic) bond motifs is 1. The Morgan fingerprint density at radius 3 is 2.51 bits per heavy atom. The van der Waals surface area contributed by atoms with Gasteiger partial charge in [0.15, 0.2) is 5.69 Å². The van der Waals surface area contributed by atoms with Gasteiger partial charge in [-0.25, -0.2) is 4.98 Å². The van der Waals surface area contributed by atoms with E-state index in [1.807, 2.05) is 45.9 Å². The van der Waals surface area contributed by atoms with Crippen LogP contribution >= 0.6 is 0 Å². The summed E-state index contributed by atoms with van der Waals surface area (Å²) < 4.78 is 7.18. The highest BCUT2D eigenvalue weighted by molar-refractivity contribution is 6.11. The average molecular weight is 482 g/mol. The summed E-state index contributed by atoms with van der Waals surface area (Å²) in [6.07, 6.45) is 4.00. The highest BCUT2D eigenvalue weighted by Gasteiger charge is 2.53. The minimum Gasteiger partial charge on any atom is -0.379 e. The van der Waals surface area contributed by atoms with Crippen LogP contribution in [-0.2, 0) is 16.1 Å². The molecule has 2 aromatic rings. The van der Waals surface area contributed by atoms with Crippen molar-refractivity contribution in [3.8, 4) is 0 Å². The molecule has 35 heavy (non-hydrogen) atoms. The maximum atomic E-state index is 13.7. The van der Waals surface area contributed by atoms with Crippen LogP contribution < -0.4 is 10.6 Å². The summed E-state index contributed by atoms with van der Waals surface area (Å²) in [5.41, 5.74) is 1.96. The zero-order valence-electron chi connectivity index (χ0n) is 21.2. The normalized spacial score (nSPS) is 19.6. The predicted octanol–water partition coefficient (Wildman–Crippen LogP) is 3.06. The van der Waals surface area contributed by atoms with E-state index in [2.05, 4.69) is 15.6 Å². The molecule has 2 aliphatic rings. The minimum absolute atomic E-state index is 0.0125. The zero-order valence-corrected chi connectivity index (χ0v) is 21.2. The third kappa shape index (κ3) is 5.24. The molecule has 2 heterocycles. The molecular weight excluding hydrogens is 446 g/mol. The first-order chi connectivity index (χ1) is 16.6. The van der Waals surface area contributed by atoms with Gasteiger partial charge in [-0.1, -0.05) is 6.07 Å². The summed E-state index contributed by atoms with van der Waals surface area (Å²) in [5.74, 6) is -0.975. The van der Waals surface area contributed by atoms with E-state index >= 15 is 0 Å². The molecule has 188 valence electrons. The van der Waals surface area contributed by atoms with Gasteiger partial charge in [0, 0.05) is 24.9 Å². The molecule has 1 aliphatic carbocycles. The van der Waals surface area contributed by atoms with Crippen LogP contribution in [0.4, 0.5) is 5.69 Å². The molecule has 1 fully saturated rings. The van der Waals surface area contributed by atoms with Gasteiger partial charge in [-0.2, -0.15) is 0 Å². The topological polar surface area (TPSA) is 106 Å². The summed E-state index contributed by atoms with van der Waals surface area (Å²) in [7, 11) is 0. The number of nitrogens with one attached hydrogen (secondary N) is 2. The lowest BCUT2D eigenvalue weighted by atomic mass is 9.94. The highest BCUT2D eigenvalue weighted by atomic mass is 16.5. The molecule has 1 aromatic carbocycles. The van der Waals surface area contributed by atoms with Crippen LogP contribution in [0.15, 0.2) is 24.5 Å². The van der Waals surface area contributed by atoms with Crippen molar-refractivity contribution in [2.75, 3.05) is 18.5 Å². The summed E-state index contributed by atoms with van der Waals surface area (Å²) >= 11 is 0. The maximum absolute atomic E-state index is 13.7. The molecule has 9 heteroatoms.